The molecule has 8 aromatic carbocycles. The van der Waals surface area contributed by atoms with E-state index >= 15 is 0 Å². The standard InChI is InChI=1S/C46H28N2O2/c1-2-12-27(13-3-1)43-45-44(36-19-9-11-21-40(36)50-45)48-46(47-43)29-24-37(28-22-23-34-33-17-8-10-20-39(33)49-41(34)26-28)42-35-18-7-6-15-31(35)30-14-4-5-16-32(30)38(42)25-29/h1-26,44H,(H,47,48). The van der Waals surface area contributed by atoms with Gasteiger partial charge in [-0.3, -0.25) is 0 Å². The van der Waals surface area contributed by atoms with Crippen LogP contribution in [0.15, 0.2) is 173 Å². The Labute approximate surface area is 287 Å². The molecule has 0 amide bonds. The van der Waals surface area contributed by atoms with Gasteiger partial charge in [0.25, 0.3) is 0 Å². The first-order chi connectivity index (χ1) is 24.8. The first kappa shape index (κ1) is 27.3. The molecule has 11 rings (SSSR count). The van der Waals surface area contributed by atoms with E-state index in [0.29, 0.717) is 0 Å². The second kappa shape index (κ2) is 10.4. The average molecular weight is 641 g/mol. The van der Waals surface area contributed by atoms with Gasteiger partial charge in [-0.1, -0.05) is 121 Å². The van der Waals surface area contributed by atoms with Crippen molar-refractivity contribution in [2.45, 2.75) is 6.04 Å². The number of para-hydroxylation sites is 2. The van der Waals surface area contributed by atoms with Gasteiger partial charge in [0.05, 0.1) is 0 Å². The van der Waals surface area contributed by atoms with Crippen LogP contribution in [0, 0.1) is 0 Å². The normalized spacial score (nSPS) is 15.4. The average Bonchev–Trinajstić information content (AvgIpc) is 3.75. The fourth-order valence-corrected chi connectivity index (χ4v) is 8.04. The Bertz CT molecular complexity index is 2930. The van der Waals surface area contributed by atoms with E-state index in [2.05, 4.69) is 133 Å². The number of nitrogens with zero attached hydrogens (tertiary/aromatic N) is 1. The Morgan fingerprint density at radius 1 is 0.480 bits per heavy atom. The summed E-state index contributed by atoms with van der Waals surface area (Å²) in [6.07, 6.45) is 0. The van der Waals surface area contributed by atoms with Gasteiger partial charge in [0, 0.05) is 27.5 Å². The van der Waals surface area contributed by atoms with E-state index < -0.39 is 0 Å². The fraction of sp³-hybridized carbons (Fsp3) is 0.0217. The Kier molecular flexibility index (Phi) is 5.69. The van der Waals surface area contributed by atoms with Crippen LogP contribution in [0.5, 0.6) is 5.75 Å². The zero-order valence-corrected chi connectivity index (χ0v) is 26.9. The zero-order valence-electron chi connectivity index (χ0n) is 26.9. The van der Waals surface area contributed by atoms with Gasteiger partial charge in [-0.15, -0.1) is 0 Å². The highest BCUT2D eigenvalue weighted by Crippen LogP contribution is 2.46. The van der Waals surface area contributed by atoms with E-state index in [4.69, 9.17) is 14.1 Å². The molecule has 4 nitrogen and oxygen atoms in total. The van der Waals surface area contributed by atoms with Gasteiger partial charge in [0.15, 0.2) is 5.76 Å². The highest BCUT2D eigenvalue weighted by atomic mass is 16.5. The van der Waals surface area contributed by atoms with Gasteiger partial charge in [-0.25, -0.2) is 4.99 Å². The third kappa shape index (κ3) is 3.96. The van der Waals surface area contributed by atoms with Crippen molar-refractivity contribution in [1.82, 2.24) is 5.32 Å². The number of fused-ring (bicyclic) bond motifs is 12. The van der Waals surface area contributed by atoms with E-state index in [0.717, 1.165) is 72.8 Å². The van der Waals surface area contributed by atoms with Crippen LogP contribution in [-0.2, 0) is 0 Å². The molecule has 0 spiro atoms. The predicted octanol–water partition coefficient (Wildman–Crippen LogP) is 11.6. The number of benzene rings is 8. The van der Waals surface area contributed by atoms with Gasteiger partial charge in [-0.05, 0) is 79.8 Å². The Hall–Kier alpha value is -6.65. The van der Waals surface area contributed by atoms with Gasteiger partial charge < -0.3 is 14.5 Å². The molecule has 1 aromatic heterocycles. The maximum absolute atomic E-state index is 6.50. The van der Waals surface area contributed by atoms with Crippen LogP contribution >= 0.6 is 0 Å². The molecule has 2 aliphatic rings. The summed E-state index contributed by atoms with van der Waals surface area (Å²) in [6.45, 7) is 0. The van der Waals surface area contributed by atoms with Gasteiger partial charge in [-0.2, -0.15) is 0 Å². The van der Waals surface area contributed by atoms with Gasteiger partial charge in [0.2, 0.25) is 0 Å². The van der Waals surface area contributed by atoms with Crippen LogP contribution in [0.1, 0.15) is 22.7 Å². The van der Waals surface area contributed by atoms with Crippen molar-refractivity contribution < 1.29 is 9.15 Å². The number of hydrogen-bond donors (Lipinski definition) is 1. The number of rotatable bonds is 3. The van der Waals surface area contributed by atoms with Crippen molar-refractivity contribution >= 4 is 65.8 Å². The molecule has 50 heavy (non-hydrogen) atoms. The number of hydrogen-bond acceptors (Lipinski definition) is 4. The molecule has 0 saturated heterocycles. The lowest BCUT2D eigenvalue weighted by Gasteiger charge is -2.25. The van der Waals surface area contributed by atoms with Crippen LogP contribution in [0.25, 0.3) is 71.1 Å². The maximum atomic E-state index is 6.50. The van der Waals surface area contributed by atoms with Gasteiger partial charge >= 0.3 is 0 Å². The molecule has 2 aliphatic heterocycles. The second-order valence-corrected chi connectivity index (χ2v) is 13.1. The smallest absolute Gasteiger partial charge is 0.157 e. The van der Waals surface area contributed by atoms with Crippen LogP contribution in [0.4, 0.5) is 0 Å². The lowest BCUT2D eigenvalue weighted by atomic mass is 9.87. The number of furan rings is 1. The minimum Gasteiger partial charge on any atom is -0.456 e. The molecule has 1 atom stereocenters. The highest BCUT2D eigenvalue weighted by molar-refractivity contribution is 6.29. The summed E-state index contributed by atoms with van der Waals surface area (Å²) in [5.74, 6) is 2.50. The Morgan fingerprint density at radius 3 is 1.98 bits per heavy atom. The Balaban J connectivity index is 1.22. The highest BCUT2D eigenvalue weighted by Gasteiger charge is 2.36. The van der Waals surface area contributed by atoms with E-state index in [9.17, 15) is 0 Å². The van der Waals surface area contributed by atoms with Crippen LogP contribution in [-0.4, -0.2) is 5.84 Å². The molecule has 1 unspecified atom stereocenters. The summed E-state index contributed by atoms with van der Waals surface area (Å²) in [5.41, 5.74) is 7.97. The molecule has 9 aromatic rings. The lowest BCUT2D eigenvalue weighted by molar-refractivity contribution is 0.420. The number of amidine groups is 1. The SMILES string of the molecule is c1ccc(C2=C3Oc4ccccc4C3NC(c3cc(-c4ccc5c(c4)oc4ccccc45)c4c5ccccc5c5ccccc5c4c3)=N2)cc1. The summed E-state index contributed by atoms with van der Waals surface area (Å²) in [5, 5.41) is 13.3. The van der Waals surface area contributed by atoms with Crippen molar-refractivity contribution in [1.29, 1.82) is 0 Å². The van der Waals surface area contributed by atoms with Crippen LogP contribution in [0.2, 0.25) is 0 Å². The van der Waals surface area contributed by atoms with Gasteiger partial charge in [0.1, 0.15) is 34.5 Å². The molecule has 0 aliphatic carbocycles. The van der Waals surface area contributed by atoms with E-state index in [1.54, 1.807) is 0 Å². The third-order valence-corrected chi connectivity index (χ3v) is 10.3. The maximum Gasteiger partial charge on any atom is 0.157 e. The van der Waals surface area contributed by atoms with Crippen LogP contribution < -0.4 is 10.1 Å². The minimum absolute atomic E-state index is 0.159. The summed E-state index contributed by atoms with van der Waals surface area (Å²) in [7, 11) is 0. The largest absolute Gasteiger partial charge is 0.456 e. The molecule has 234 valence electrons. The molecule has 0 fully saturated rings. The van der Waals surface area contributed by atoms with E-state index in [1.165, 1.54) is 32.3 Å². The molecule has 0 bridgehead atoms. The molecule has 0 radical (unpaired) electrons. The molecule has 1 N–H and O–H groups in total. The zero-order chi connectivity index (χ0) is 32.8. The van der Waals surface area contributed by atoms with Crippen LogP contribution in [0.3, 0.4) is 0 Å². The summed E-state index contributed by atoms with van der Waals surface area (Å²) in [4.78, 5) is 5.35. The number of nitrogens with one attached hydrogen (secondary N) is 1. The van der Waals surface area contributed by atoms with Crippen molar-refractivity contribution in [3.8, 4) is 16.9 Å². The molecule has 0 saturated carbocycles. The molecular weight excluding hydrogens is 613 g/mol. The molecular formula is C46H28N2O2. The monoisotopic (exact) mass is 640 g/mol. The van der Waals surface area contributed by atoms with E-state index in [-0.39, 0.29) is 6.04 Å². The summed E-state index contributed by atoms with van der Waals surface area (Å²) < 4.78 is 12.9. The quantitative estimate of drug-likeness (QED) is 0.196. The number of ether oxygens (including phenoxy) is 1. The molecule has 3 heterocycles. The first-order valence-corrected chi connectivity index (χ1v) is 17.0. The predicted molar refractivity (Wildman–Crippen MR) is 205 cm³/mol. The Morgan fingerprint density at radius 2 is 1.14 bits per heavy atom. The van der Waals surface area contributed by atoms with E-state index in [1.807, 2.05) is 30.3 Å². The second-order valence-electron chi connectivity index (χ2n) is 13.1. The third-order valence-electron chi connectivity index (χ3n) is 10.3. The minimum atomic E-state index is -0.159. The van der Waals surface area contributed by atoms with Crippen molar-refractivity contribution in [2.75, 3.05) is 0 Å². The lowest BCUT2D eigenvalue weighted by Crippen LogP contribution is -2.33. The van der Waals surface area contributed by atoms with Crippen molar-refractivity contribution in [3.63, 3.8) is 0 Å². The fourth-order valence-electron chi connectivity index (χ4n) is 8.04. The first-order valence-electron chi connectivity index (χ1n) is 17.0. The van der Waals surface area contributed by atoms with Crippen molar-refractivity contribution in [3.05, 3.63) is 180 Å². The summed E-state index contributed by atoms with van der Waals surface area (Å²) in [6, 6.07) is 55.4. The molecule has 4 heteroatoms. The van der Waals surface area contributed by atoms with Crippen molar-refractivity contribution in [2.24, 2.45) is 4.99 Å². The number of aliphatic imine (C=N–C) groups is 1. The topological polar surface area (TPSA) is 46.8 Å². The summed E-state index contributed by atoms with van der Waals surface area (Å²) >= 11 is 0.